The van der Waals surface area contributed by atoms with E-state index in [1.165, 1.54) is 17.5 Å². The summed E-state index contributed by atoms with van der Waals surface area (Å²) in [6, 6.07) is 11.8. The number of nitriles is 1. The van der Waals surface area contributed by atoms with E-state index in [0.29, 0.717) is 15.8 Å². The van der Waals surface area contributed by atoms with E-state index in [9.17, 15) is 10.5 Å². The minimum atomic E-state index is 0.336. The summed E-state index contributed by atoms with van der Waals surface area (Å²) in [6.07, 6.45) is 3.27. The van der Waals surface area contributed by atoms with E-state index in [4.69, 9.17) is 0 Å². The van der Waals surface area contributed by atoms with Crippen molar-refractivity contribution < 1.29 is 5.21 Å². The third-order valence-electron chi connectivity index (χ3n) is 3.51. The normalized spacial score (nSPS) is 12.0. The van der Waals surface area contributed by atoms with Gasteiger partial charge in [-0.2, -0.15) is 9.99 Å². The van der Waals surface area contributed by atoms with E-state index < -0.39 is 0 Å². The first kappa shape index (κ1) is 12.7. The molecule has 0 spiro atoms. The summed E-state index contributed by atoms with van der Waals surface area (Å²) >= 11 is 1.40. The summed E-state index contributed by atoms with van der Waals surface area (Å²) in [6.45, 7) is 0. The number of nitrogens with one attached hydrogen (secondary N) is 1. The number of rotatable bonds is 1. The molecule has 22 heavy (non-hydrogen) atoms. The number of nitrogens with zero attached hydrogens (tertiary/aromatic N) is 3. The van der Waals surface area contributed by atoms with Crippen molar-refractivity contribution in [1.29, 1.82) is 5.26 Å². The van der Waals surface area contributed by atoms with E-state index in [-0.39, 0.29) is 0 Å². The van der Waals surface area contributed by atoms with Gasteiger partial charge in [-0.3, -0.25) is 0 Å². The van der Waals surface area contributed by atoms with Gasteiger partial charge >= 0.3 is 0 Å². The van der Waals surface area contributed by atoms with Crippen LogP contribution in [0.5, 0.6) is 0 Å². The van der Waals surface area contributed by atoms with E-state index in [2.05, 4.69) is 16.0 Å². The van der Waals surface area contributed by atoms with Gasteiger partial charge in [0.2, 0.25) is 0 Å². The van der Waals surface area contributed by atoms with Crippen molar-refractivity contribution in [2.24, 2.45) is 4.99 Å². The topological polar surface area (TPSA) is 77.1 Å². The molecule has 0 fully saturated rings. The molecule has 0 saturated heterocycles. The summed E-state index contributed by atoms with van der Waals surface area (Å²) in [4.78, 5) is 8.43. The Bertz CT molecular complexity index is 1110. The summed E-state index contributed by atoms with van der Waals surface area (Å²) < 4.78 is 0.979. The van der Waals surface area contributed by atoms with Crippen LogP contribution in [0.25, 0.3) is 21.1 Å². The van der Waals surface area contributed by atoms with Crippen molar-refractivity contribution in [2.45, 2.75) is 0 Å². The second-order valence-corrected chi connectivity index (χ2v) is 5.74. The Hall–Kier alpha value is -3.04. The number of hydrogen-bond acceptors (Lipinski definition) is 4. The monoisotopic (exact) mass is 306 g/mol. The second-order valence-electron chi connectivity index (χ2n) is 4.85. The molecule has 5 nitrogen and oxygen atoms in total. The Kier molecular flexibility index (Phi) is 2.74. The number of H-pyrrole nitrogens is 1. The molecule has 1 aromatic carbocycles. The molecule has 3 aromatic heterocycles. The number of aromatic nitrogens is 2. The zero-order valence-electron chi connectivity index (χ0n) is 11.3. The average molecular weight is 306 g/mol. The average Bonchev–Trinajstić information content (AvgIpc) is 3.18. The Morgan fingerprint density at radius 1 is 1.27 bits per heavy atom. The first-order chi connectivity index (χ1) is 10.8. The summed E-state index contributed by atoms with van der Waals surface area (Å²) in [5, 5.41) is 23.5. The number of hydrogen-bond donors (Lipinski definition) is 2. The molecular formula is C16H10N4OS. The lowest BCUT2D eigenvalue weighted by Crippen LogP contribution is -2.11. The van der Waals surface area contributed by atoms with E-state index in [1.54, 1.807) is 0 Å². The van der Waals surface area contributed by atoms with E-state index in [0.717, 1.165) is 26.7 Å². The number of thiophene rings is 1. The number of aromatic amines is 1. The number of benzene rings is 1. The highest BCUT2D eigenvalue weighted by atomic mass is 32.1. The Morgan fingerprint density at radius 3 is 3.05 bits per heavy atom. The molecule has 0 amide bonds. The van der Waals surface area contributed by atoms with Crippen molar-refractivity contribution in [3.8, 4) is 6.07 Å². The molecule has 3 heterocycles. The molecule has 0 atom stereocenters. The highest BCUT2D eigenvalue weighted by Gasteiger charge is 2.08. The van der Waals surface area contributed by atoms with Crippen molar-refractivity contribution in [1.82, 2.24) is 9.71 Å². The maximum atomic E-state index is 9.91. The van der Waals surface area contributed by atoms with Gasteiger partial charge in [0.15, 0.2) is 0 Å². The van der Waals surface area contributed by atoms with Crippen LogP contribution in [0.1, 0.15) is 5.56 Å². The number of fused-ring (bicyclic) bond motifs is 2. The zero-order valence-corrected chi connectivity index (χ0v) is 12.1. The molecule has 6 heteroatoms. The Balaban J connectivity index is 2.05. The second kappa shape index (κ2) is 4.76. The van der Waals surface area contributed by atoms with Crippen molar-refractivity contribution in [3.63, 3.8) is 0 Å². The zero-order chi connectivity index (χ0) is 15.1. The molecule has 0 aliphatic heterocycles. The SMILES string of the molecule is N#Cc1cn(O)c2sccc2c1=Nc1ccc2[nH]ccc2c1. The van der Waals surface area contributed by atoms with Crippen LogP contribution in [0.2, 0.25) is 0 Å². The van der Waals surface area contributed by atoms with Gasteiger partial charge in [0.1, 0.15) is 10.9 Å². The van der Waals surface area contributed by atoms with Crippen LogP contribution in [0.4, 0.5) is 5.69 Å². The third-order valence-corrected chi connectivity index (χ3v) is 4.42. The molecular weight excluding hydrogens is 296 g/mol. The van der Waals surface area contributed by atoms with E-state index in [1.807, 2.05) is 41.9 Å². The van der Waals surface area contributed by atoms with Gasteiger partial charge in [0, 0.05) is 22.5 Å². The summed E-state index contributed by atoms with van der Waals surface area (Å²) in [5.74, 6) is 0. The van der Waals surface area contributed by atoms with Gasteiger partial charge in [0.05, 0.1) is 22.8 Å². The van der Waals surface area contributed by atoms with Crippen molar-refractivity contribution in [3.05, 3.63) is 59.0 Å². The lowest BCUT2D eigenvalue weighted by molar-refractivity contribution is 0.199. The molecule has 4 rings (SSSR count). The van der Waals surface area contributed by atoms with Crippen molar-refractivity contribution in [2.75, 3.05) is 0 Å². The van der Waals surface area contributed by atoms with Gasteiger partial charge in [-0.05, 0) is 35.7 Å². The molecule has 4 aromatic rings. The Labute approximate surface area is 129 Å². The first-order valence-corrected chi connectivity index (χ1v) is 7.48. The fraction of sp³-hybridized carbons (Fsp3) is 0. The van der Waals surface area contributed by atoms with Crippen LogP contribution in [0.3, 0.4) is 0 Å². The molecule has 106 valence electrons. The largest absolute Gasteiger partial charge is 0.428 e. The van der Waals surface area contributed by atoms with Gasteiger partial charge in [-0.25, -0.2) is 4.99 Å². The predicted molar refractivity (Wildman–Crippen MR) is 85.2 cm³/mol. The van der Waals surface area contributed by atoms with Crippen LogP contribution in [-0.2, 0) is 0 Å². The summed E-state index contributed by atoms with van der Waals surface area (Å²) in [7, 11) is 0. The van der Waals surface area contributed by atoms with Crippen molar-refractivity contribution >= 4 is 38.1 Å². The minimum Gasteiger partial charge on any atom is -0.428 e. The van der Waals surface area contributed by atoms with Gasteiger partial charge in [-0.1, -0.05) is 0 Å². The lowest BCUT2D eigenvalue weighted by Gasteiger charge is -2.02. The highest BCUT2D eigenvalue weighted by Crippen LogP contribution is 2.22. The minimum absolute atomic E-state index is 0.336. The van der Waals surface area contributed by atoms with Gasteiger partial charge in [-0.15, -0.1) is 11.3 Å². The highest BCUT2D eigenvalue weighted by molar-refractivity contribution is 7.16. The molecule has 2 N–H and O–H groups in total. The fourth-order valence-corrected chi connectivity index (χ4v) is 3.27. The van der Waals surface area contributed by atoms with Gasteiger partial charge < -0.3 is 10.2 Å². The third kappa shape index (κ3) is 1.88. The van der Waals surface area contributed by atoms with E-state index >= 15 is 0 Å². The molecule has 0 aliphatic carbocycles. The Morgan fingerprint density at radius 2 is 2.18 bits per heavy atom. The van der Waals surface area contributed by atoms with Gasteiger partial charge in [0.25, 0.3) is 0 Å². The first-order valence-electron chi connectivity index (χ1n) is 6.60. The molecule has 0 radical (unpaired) electrons. The maximum Gasteiger partial charge on any atom is 0.141 e. The summed E-state index contributed by atoms with van der Waals surface area (Å²) in [5.41, 5.74) is 2.15. The van der Waals surface area contributed by atoms with Crippen LogP contribution >= 0.6 is 11.3 Å². The molecule has 0 unspecified atom stereocenters. The molecule has 0 saturated carbocycles. The van der Waals surface area contributed by atoms with Crippen LogP contribution in [-0.4, -0.2) is 14.9 Å². The van der Waals surface area contributed by atoms with Crippen LogP contribution in [0, 0.1) is 11.3 Å². The smallest absolute Gasteiger partial charge is 0.141 e. The van der Waals surface area contributed by atoms with Crippen LogP contribution in [0.15, 0.2) is 53.1 Å². The maximum absolute atomic E-state index is 9.91. The standard InChI is InChI=1S/C16H10N4OS/c17-8-11-9-20(21)16-13(4-6-22-16)15(11)19-12-1-2-14-10(7-12)3-5-18-14/h1-7,9,18,21H. The van der Waals surface area contributed by atoms with Crippen LogP contribution < -0.4 is 5.36 Å². The molecule has 0 bridgehead atoms. The quantitative estimate of drug-likeness (QED) is 0.528. The molecule has 0 aliphatic rings. The lowest BCUT2D eigenvalue weighted by atomic mass is 10.2. The number of pyridine rings is 1. The fourth-order valence-electron chi connectivity index (χ4n) is 2.49. The predicted octanol–water partition coefficient (Wildman–Crippen LogP) is 3.53.